The Bertz CT molecular complexity index is 482. The van der Waals surface area contributed by atoms with Crippen LogP contribution in [0.25, 0.3) is 0 Å². The molecule has 2 aromatic heterocycles. The molecule has 2 N–H and O–H groups in total. The zero-order valence-electron chi connectivity index (χ0n) is 9.57. The summed E-state index contributed by atoms with van der Waals surface area (Å²) in [6.07, 6.45) is 5.52. The Morgan fingerprint density at radius 3 is 3.06 bits per heavy atom. The van der Waals surface area contributed by atoms with E-state index in [1.165, 1.54) is 5.56 Å². The lowest BCUT2D eigenvalue weighted by Crippen LogP contribution is -2.05. The maximum atomic E-state index is 5.69. The van der Waals surface area contributed by atoms with Crippen molar-refractivity contribution in [1.29, 1.82) is 0 Å². The van der Waals surface area contributed by atoms with Crippen LogP contribution in [0.3, 0.4) is 0 Å². The average Bonchev–Trinajstić information content (AvgIpc) is 2.71. The van der Waals surface area contributed by atoms with Crippen molar-refractivity contribution in [2.75, 3.05) is 11.9 Å². The maximum Gasteiger partial charge on any atom is 0.224 e. The summed E-state index contributed by atoms with van der Waals surface area (Å²) in [5, 5.41) is 10.4. The maximum absolute atomic E-state index is 5.69. The van der Waals surface area contributed by atoms with Crippen LogP contribution in [0.2, 0.25) is 5.28 Å². The summed E-state index contributed by atoms with van der Waals surface area (Å²) in [4.78, 5) is 7.87. The Kier molecular flexibility index (Phi) is 3.93. The highest BCUT2D eigenvalue weighted by Gasteiger charge is 2.00. The molecule has 0 fully saturated rings. The fourth-order valence-electron chi connectivity index (χ4n) is 1.56. The van der Waals surface area contributed by atoms with Gasteiger partial charge >= 0.3 is 0 Å². The van der Waals surface area contributed by atoms with E-state index in [1.54, 1.807) is 12.3 Å². The highest BCUT2D eigenvalue weighted by Crippen LogP contribution is 2.08. The summed E-state index contributed by atoms with van der Waals surface area (Å²) in [5.41, 5.74) is 2.39. The molecule has 0 aliphatic rings. The molecule has 17 heavy (non-hydrogen) atoms. The lowest BCUT2D eigenvalue weighted by atomic mass is 10.1. The molecular weight excluding hydrogens is 238 g/mol. The highest BCUT2D eigenvalue weighted by atomic mass is 35.5. The van der Waals surface area contributed by atoms with Crippen LogP contribution in [0.1, 0.15) is 17.7 Å². The third kappa shape index (κ3) is 3.42. The van der Waals surface area contributed by atoms with Crippen molar-refractivity contribution >= 4 is 17.4 Å². The minimum atomic E-state index is 0.265. The van der Waals surface area contributed by atoms with Gasteiger partial charge in [0.15, 0.2) is 0 Å². The Balaban J connectivity index is 1.75. The minimum Gasteiger partial charge on any atom is -0.370 e. The molecule has 0 atom stereocenters. The SMILES string of the molecule is Cc1[nH]ncc1CCCNc1ccnc(Cl)n1. The zero-order valence-corrected chi connectivity index (χ0v) is 10.3. The number of aromatic nitrogens is 4. The number of rotatable bonds is 5. The van der Waals surface area contributed by atoms with Gasteiger partial charge in [-0.3, -0.25) is 5.10 Å². The predicted octanol–water partition coefficient (Wildman–Crippen LogP) is 2.21. The summed E-state index contributed by atoms with van der Waals surface area (Å²) in [5.74, 6) is 0.758. The summed E-state index contributed by atoms with van der Waals surface area (Å²) in [6, 6.07) is 1.80. The number of hydrogen-bond acceptors (Lipinski definition) is 4. The number of nitrogens with zero attached hydrogens (tertiary/aromatic N) is 3. The second kappa shape index (κ2) is 5.63. The number of aromatic amines is 1. The van der Waals surface area contributed by atoms with E-state index in [2.05, 4.69) is 25.5 Å². The molecule has 2 aromatic rings. The van der Waals surface area contributed by atoms with Crippen LogP contribution in [-0.2, 0) is 6.42 Å². The lowest BCUT2D eigenvalue weighted by molar-refractivity contribution is 0.852. The van der Waals surface area contributed by atoms with Gasteiger partial charge in [0.2, 0.25) is 5.28 Å². The molecule has 2 rings (SSSR count). The van der Waals surface area contributed by atoms with Crippen molar-refractivity contribution < 1.29 is 0 Å². The average molecular weight is 252 g/mol. The van der Waals surface area contributed by atoms with E-state index >= 15 is 0 Å². The van der Waals surface area contributed by atoms with E-state index in [4.69, 9.17) is 11.6 Å². The van der Waals surface area contributed by atoms with Gasteiger partial charge in [-0.1, -0.05) is 0 Å². The van der Waals surface area contributed by atoms with Gasteiger partial charge in [-0.05, 0) is 43.0 Å². The molecule has 2 heterocycles. The van der Waals surface area contributed by atoms with E-state index in [0.29, 0.717) is 0 Å². The fraction of sp³-hybridized carbons (Fsp3) is 0.364. The Labute approximate surface area is 105 Å². The van der Waals surface area contributed by atoms with Crippen LogP contribution in [0, 0.1) is 6.92 Å². The van der Waals surface area contributed by atoms with E-state index in [9.17, 15) is 0 Å². The topological polar surface area (TPSA) is 66.5 Å². The van der Waals surface area contributed by atoms with Crippen molar-refractivity contribution in [2.45, 2.75) is 19.8 Å². The number of anilines is 1. The standard InChI is InChI=1S/C11H14ClN5/c1-8-9(7-15-17-8)3-2-5-13-10-4-6-14-11(12)16-10/h4,6-7H,2-3,5H2,1H3,(H,15,17)(H,13,14,16). The largest absolute Gasteiger partial charge is 0.370 e. The first-order chi connectivity index (χ1) is 8.25. The molecule has 0 aliphatic carbocycles. The molecular formula is C11H14ClN5. The van der Waals surface area contributed by atoms with E-state index in [1.807, 2.05) is 13.1 Å². The van der Waals surface area contributed by atoms with Crippen LogP contribution < -0.4 is 5.32 Å². The third-order valence-electron chi connectivity index (χ3n) is 2.49. The minimum absolute atomic E-state index is 0.265. The molecule has 0 aliphatic heterocycles. The normalized spacial score (nSPS) is 10.5. The Hall–Kier alpha value is -1.62. The van der Waals surface area contributed by atoms with E-state index in [0.717, 1.165) is 30.9 Å². The molecule has 5 nitrogen and oxygen atoms in total. The number of halogens is 1. The van der Waals surface area contributed by atoms with Crippen LogP contribution in [0.5, 0.6) is 0 Å². The quantitative estimate of drug-likeness (QED) is 0.632. The number of H-pyrrole nitrogens is 1. The Morgan fingerprint density at radius 1 is 1.47 bits per heavy atom. The molecule has 0 unspecified atom stereocenters. The van der Waals surface area contributed by atoms with Crippen molar-refractivity contribution in [3.05, 3.63) is 35.0 Å². The molecule has 0 saturated heterocycles. The monoisotopic (exact) mass is 251 g/mol. The molecule has 0 radical (unpaired) electrons. The van der Waals surface area contributed by atoms with Gasteiger partial charge in [0, 0.05) is 18.4 Å². The summed E-state index contributed by atoms with van der Waals surface area (Å²) in [7, 11) is 0. The number of aryl methyl sites for hydroxylation is 2. The number of nitrogens with one attached hydrogen (secondary N) is 2. The van der Waals surface area contributed by atoms with Crippen molar-refractivity contribution in [1.82, 2.24) is 20.2 Å². The summed E-state index contributed by atoms with van der Waals surface area (Å²) >= 11 is 5.69. The summed E-state index contributed by atoms with van der Waals surface area (Å²) < 4.78 is 0. The Morgan fingerprint density at radius 2 is 2.35 bits per heavy atom. The van der Waals surface area contributed by atoms with Crippen molar-refractivity contribution in [3.63, 3.8) is 0 Å². The first-order valence-electron chi connectivity index (χ1n) is 5.47. The van der Waals surface area contributed by atoms with Gasteiger partial charge < -0.3 is 5.32 Å². The van der Waals surface area contributed by atoms with Crippen molar-refractivity contribution in [3.8, 4) is 0 Å². The fourth-order valence-corrected chi connectivity index (χ4v) is 1.70. The second-order valence-corrected chi connectivity index (χ2v) is 4.10. The van der Waals surface area contributed by atoms with Gasteiger partial charge in [0.1, 0.15) is 5.82 Å². The first kappa shape index (κ1) is 11.9. The zero-order chi connectivity index (χ0) is 12.1. The van der Waals surface area contributed by atoms with E-state index in [-0.39, 0.29) is 5.28 Å². The predicted molar refractivity (Wildman–Crippen MR) is 67.2 cm³/mol. The molecule has 0 aromatic carbocycles. The molecule has 90 valence electrons. The molecule has 0 spiro atoms. The van der Waals surface area contributed by atoms with Gasteiger partial charge in [0.05, 0.1) is 6.20 Å². The van der Waals surface area contributed by atoms with Crippen molar-refractivity contribution in [2.24, 2.45) is 0 Å². The van der Waals surface area contributed by atoms with Gasteiger partial charge in [-0.25, -0.2) is 9.97 Å². The lowest BCUT2D eigenvalue weighted by Gasteiger charge is -2.04. The highest BCUT2D eigenvalue weighted by molar-refractivity contribution is 6.28. The van der Waals surface area contributed by atoms with Crippen LogP contribution in [-0.4, -0.2) is 26.7 Å². The second-order valence-electron chi connectivity index (χ2n) is 3.76. The van der Waals surface area contributed by atoms with E-state index < -0.39 is 0 Å². The molecule has 0 saturated carbocycles. The van der Waals surface area contributed by atoms with Gasteiger partial charge in [0.25, 0.3) is 0 Å². The third-order valence-corrected chi connectivity index (χ3v) is 2.67. The van der Waals surface area contributed by atoms with Gasteiger partial charge in [-0.2, -0.15) is 5.10 Å². The smallest absolute Gasteiger partial charge is 0.224 e. The molecule has 0 amide bonds. The molecule has 6 heteroatoms. The van der Waals surface area contributed by atoms with Crippen LogP contribution in [0.15, 0.2) is 18.5 Å². The van der Waals surface area contributed by atoms with Crippen LogP contribution in [0.4, 0.5) is 5.82 Å². The molecule has 0 bridgehead atoms. The van der Waals surface area contributed by atoms with Gasteiger partial charge in [-0.15, -0.1) is 0 Å². The summed E-state index contributed by atoms with van der Waals surface area (Å²) in [6.45, 7) is 2.87. The first-order valence-corrected chi connectivity index (χ1v) is 5.85. The number of hydrogen-bond donors (Lipinski definition) is 2. The van der Waals surface area contributed by atoms with Crippen LogP contribution >= 0.6 is 11.6 Å².